The molecule has 0 heterocycles. The second-order valence-corrected chi connectivity index (χ2v) is 6.30. The van der Waals surface area contributed by atoms with Gasteiger partial charge in [0.15, 0.2) is 0 Å². The Bertz CT molecular complexity index is 765. The highest BCUT2D eigenvalue weighted by molar-refractivity contribution is 5.76. The van der Waals surface area contributed by atoms with Crippen LogP contribution in [0.15, 0.2) is 60.9 Å². The van der Waals surface area contributed by atoms with E-state index < -0.39 is 23.8 Å². The first-order valence-corrected chi connectivity index (χ1v) is 8.92. The Kier molecular flexibility index (Phi) is 7.62. The van der Waals surface area contributed by atoms with Gasteiger partial charge in [0.05, 0.1) is 18.1 Å². The molecule has 2 unspecified atom stereocenters. The molecule has 0 spiro atoms. The van der Waals surface area contributed by atoms with E-state index in [0.717, 1.165) is 11.3 Å². The molecule has 1 N–H and O–H groups in total. The second kappa shape index (κ2) is 10.2. The zero-order valence-electron chi connectivity index (χ0n) is 15.5. The number of hydrogen-bond acceptors (Lipinski definition) is 4. The molecule has 2 aromatic carbocycles. The summed E-state index contributed by atoms with van der Waals surface area (Å²) in [5, 5.41) is 9.00. The Balaban J connectivity index is 1.90. The number of ether oxygens (including phenoxy) is 2. The molecule has 0 bridgehead atoms. The Hall–Kier alpha value is -3.08. The van der Waals surface area contributed by atoms with Gasteiger partial charge >= 0.3 is 11.9 Å². The smallest absolute Gasteiger partial charge is 0.314 e. The van der Waals surface area contributed by atoms with E-state index in [1.54, 1.807) is 25.3 Å². The number of benzene rings is 2. The Labute approximate surface area is 159 Å². The van der Waals surface area contributed by atoms with Gasteiger partial charge in [-0.1, -0.05) is 44.2 Å². The first-order valence-electron chi connectivity index (χ1n) is 8.92. The molecule has 0 radical (unpaired) electrons. The Morgan fingerprint density at radius 1 is 1.04 bits per heavy atom. The summed E-state index contributed by atoms with van der Waals surface area (Å²) in [7, 11) is 0. The molecule has 0 aromatic heterocycles. The number of rotatable bonds is 9. The maximum absolute atomic E-state index is 12.3. The van der Waals surface area contributed by atoms with Crippen LogP contribution in [-0.2, 0) is 9.59 Å². The number of aliphatic carboxylic acids is 1. The maximum Gasteiger partial charge on any atom is 0.314 e. The fourth-order valence-corrected chi connectivity index (χ4v) is 2.49. The van der Waals surface area contributed by atoms with Crippen molar-refractivity contribution in [2.45, 2.75) is 26.7 Å². The van der Waals surface area contributed by atoms with E-state index in [2.05, 4.69) is 0 Å². The molecular formula is C22H24O5. The van der Waals surface area contributed by atoms with Crippen LogP contribution >= 0.6 is 0 Å². The first kappa shape index (κ1) is 20.2. The molecule has 2 rings (SSSR count). The zero-order valence-corrected chi connectivity index (χ0v) is 15.5. The number of para-hydroxylation sites is 1. The van der Waals surface area contributed by atoms with Crippen LogP contribution in [-0.4, -0.2) is 17.0 Å². The van der Waals surface area contributed by atoms with E-state index in [-0.39, 0.29) is 6.42 Å². The lowest BCUT2D eigenvalue weighted by molar-refractivity contribution is -0.144. The van der Waals surface area contributed by atoms with Gasteiger partial charge in [0.1, 0.15) is 11.5 Å². The molecular weight excluding hydrogens is 344 g/mol. The van der Waals surface area contributed by atoms with Crippen molar-refractivity contribution in [2.24, 2.45) is 11.8 Å². The zero-order chi connectivity index (χ0) is 19.6. The molecule has 0 fully saturated rings. The van der Waals surface area contributed by atoms with Gasteiger partial charge < -0.3 is 14.6 Å². The number of carbonyl (C=O) groups excluding carboxylic acids is 1. The SMILES string of the molecule is CCC(CC(C)C(=O)O)C(=O)Oc1ccc(/C=C/Oc2ccccc2)cc1. The maximum atomic E-state index is 12.3. The average Bonchev–Trinajstić information content (AvgIpc) is 2.68. The van der Waals surface area contributed by atoms with Crippen molar-refractivity contribution < 1.29 is 24.2 Å². The van der Waals surface area contributed by atoms with E-state index in [1.165, 1.54) is 0 Å². The minimum atomic E-state index is -0.907. The lowest BCUT2D eigenvalue weighted by atomic mass is 9.94. The fourth-order valence-electron chi connectivity index (χ4n) is 2.49. The van der Waals surface area contributed by atoms with E-state index in [1.807, 2.05) is 55.5 Å². The van der Waals surface area contributed by atoms with Crippen molar-refractivity contribution in [3.05, 3.63) is 66.4 Å². The number of hydrogen-bond donors (Lipinski definition) is 1. The summed E-state index contributed by atoms with van der Waals surface area (Å²) < 4.78 is 10.9. The number of carboxylic acids is 1. The summed E-state index contributed by atoms with van der Waals surface area (Å²) in [6.45, 7) is 3.44. The average molecular weight is 368 g/mol. The highest BCUT2D eigenvalue weighted by Crippen LogP contribution is 2.21. The van der Waals surface area contributed by atoms with Crippen LogP contribution in [0.5, 0.6) is 11.5 Å². The molecule has 0 saturated carbocycles. The van der Waals surface area contributed by atoms with Crippen molar-refractivity contribution in [1.29, 1.82) is 0 Å². The fraction of sp³-hybridized carbons (Fsp3) is 0.273. The van der Waals surface area contributed by atoms with Crippen LogP contribution in [0.4, 0.5) is 0 Å². The minimum Gasteiger partial charge on any atom is -0.481 e. The van der Waals surface area contributed by atoms with Gasteiger partial charge in [-0.05, 0) is 48.7 Å². The molecule has 2 aromatic rings. The van der Waals surface area contributed by atoms with Gasteiger partial charge in [0, 0.05) is 0 Å². The summed E-state index contributed by atoms with van der Waals surface area (Å²) in [6.07, 6.45) is 4.20. The molecule has 27 heavy (non-hydrogen) atoms. The van der Waals surface area contributed by atoms with E-state index in [0.29, 0.717) is 12.2 Å². The van der Waals surface area contributed by atoms with Gasteiger partial charge in [-0.15, -0.1) is 0 Å². The van der Waals surface area contributed by atoms with Crippen LogP contribution in [0.2, 0.25) is 0 Å². The molecule has 0 aliphatic rings. The van der Waals surface area contributed by atoms with Crippen LogP contribution in [0.3, 0.4) is 0 Å². The summed E-state index contributed by atoms with van der Waals surface area (Å²) >= 11 is 0. The van der Waals surface area contributed by atoms with Gasteiger partial charge in [0.25, 0.3) is 0 Å². The van der Waals surface area contributed by atoms with Crippen LogP contribution in [0.1, 0.15) is 32.3 Å². The van der Waals surface area contributed by atoms with Crippen LogP contribution in [0, 0.1) is 11.8 Å². The Morgan fingerprint density at radius 2 is 1.70 bits per heavy atom. The predicted molar refractivity (Wildman–Crippen MR) is 103 cm³/mol. The van der Waals surface area contributed by atoms with E-state index >= 15 is 0 Å². The number of carbonyl (C=O) groups is 2. The van der Waals surface area contributed by atoms with Crippen molar-refractivity contribution >= 4 is 18.0 Å². The standard InChI is InChI=1S/C22H24O5/c1-3-18(15-16(2)21(23)24)22(25)27-20-11-9-17(10-12-20)13-14-26-19-7-5-4-6-8-19/h4-14,16,18H,3,15H2,1-2H3,(H,23,24)/b14-13+. The quantitative estimate of drug-likeness (QED) is 0.392. The third-order valence-corrected chi connectivity index (χ3v) is 4.19. The van der Waals surface area contributed by atoms with Crippen LogP contribution in [0.25, 0.3) is 6.08 Å². The van der Waals surface area contributed by atoms with Crippen molar-refractivity contribution in [2.75, 3.05) is 0 Å². The van der Waals surface area contributed by atoms with Crippen molar-refractivity contribution in [3.63, 3.8) is 0 Å². The lowest BCUT2D eigenvalue weighted by Crippen LogP contribution is -2.24. The van der Waals surface area contributed by atoms with Crippen molar-refractivity contribution in [1.82, 2.24) is 0 Å². The second-order valence-electron chi connectivity index (χ2n) is 6.30. The van der Waals surface area contributed by atoms with Gasteiger partial charge in [-0.2, -0.15) is 0 Å². The van der Waals surface area contributed by atoms with E-state index in [9.17, 15) is 9.59 Å². The monoisotopic (exact) mass is 368 g/mol. The first-order chi connectivity index (χ1) is 13.0. The van der Waals surface area contributed by atoms with Gasteiger partial charge in [-0.25, -0.2) is 0 Å². The predicted octanol–water partition coefficient (Wildman–Crippen LogP) is 4.78. The summed E-state index contributed by atoms with van der Waals surface area (Å²) in [5.74, 6) is -1.14. The largest absolute Gasteiger partial charge is 0.481 e. The third-order valence-electron chi connectivity index (χ3n) is 4.19. The van der Waals surface area contributed by atoms with Crippen molar-refractivity contribution in [3.8, 4) is 11.5 Å². The minimum absolute atomic E-state index is 0.266. The summed E-state index contributed by atoms with van der Waals surface area (Å²) in [4.78, 5) is 23.2. The van der Waals surface area contributed by atoms with Gasteiger partial charge in [0.2, 0.25) is 0 Å². The van der Waals surface area contributed by atoms with Gasteiger partial charge in [-0.3, -0.25) is 9.59 Å². The van der Waals surface area contributed by atoms with Crippen LogP contribution < -0.4 is 9.47 Å². The molecule has 0 aliphatic heterocycles. The lowest BCUT2D eigenvalue weighted by Gasteiger charge is -2.16. The topological polar surface area (TPSA) is 72.8 Å². The molecule has 142 valence electrons. The summed E-state index contributed by atoms with van der Waals surface area (Å²) in [5.41, 5.74) is 0.900. The third kappa shape index (κ3) is 6.62. The van der Waals surface area contributed by atoms with E-state index in [4.69, 9.17) is 14.6 Å². The molecule has 2 atom stereocenters. The molecule has 0 amide bonds. The Morgan fingerprint density at radius 3 is 2.30 bits per heavy atom. The molecule has 0 saturated heterocycles. The normalized spacial score (nSPS) is 13.1. The highest BCUT2D eigenvalue weighted by atomic mass is 16.5. The molecule has 0 aliphatic carbocycles. The number of esters is 1. The molecule has 5 nitrogen and oxygen atoms in total. The summed E-state index contributed by atoms with van der Waals surface area (Å²) in [6, 6.07) is 16.5. The highest BCUT2D eigenvalue weighted by Gasteiger charge is 2.24. The number of carboxylic acid groups (broad SMARTS) is 1. The molecule has 5 heteroatoms.